The van der Waals surface area contributed by atoms with E-state index in [9.17, 15) is 4.79 Å². The van der Waals surface area contributed by atoms with Crippen LogP contribution >= 0.6 is 11.6 Å². The highest BCUT2D eigenvalue weighted by atomic mass is 35.5. The van der Waals surface area contributed by atoms with Gasteiger partial charge in [-0.15, -0.1) is 0 Å². The lowest BCUT2D eigenvalue weighted by molar-refractivity contribution is -0.111. The lowest BCUT2D eigenvalue weighted by Gasteiger charge is -2.09. The van der Waals surface area contributed by atoms with Gasteiger partial charge in [0.1, 0.15) is 19.4 Å². The van der Waals surface area contributed by atoms with Crippen LogP contribution in [0.5, 0.6) is 0 Å². The number of hydrogen-bond donors (Lipinski definition) is 0. The highest BCUT2D eigenvalue weighted by molar-refractivity contribution is 6.45. The van der Waals surface area contributed by atoms with Gasteiger partial charge in [-0.2, -0.15) is 0 Å². The third-order valence-corrected chi connectivity index (χ3v) is 4.46. The van der Waals surface area contributed by atoms with Crippen LogP contribution in [0.15, 0.2) is 52.8 Å². The molecular formula is C24H25ClN2O3. The first-order chi connectivity index (χ1) is 14.3. The van der Waals surface area contributed by atoms with E-state index in [1.807, 2.05) is 36.4 Å². The molecule has 0 aliphatic carbocycles. The Hall–Kier alpha value is -3.10. The standard InChI is InChI=1S/C24H25ClN2O3/c1-16(2)23-14-21(25)13-12-19(23)11-10-17(3)26-30-15-20-8-6-7-9-22(20)24(18(4)28)27-29-5/h6-9,12-14,16H,15H2,1-5H3/b26-17+,27-24-. The molecule has 2 rings (SSSR count). The van der Waals surface area contributed by atoms with Crippen LogP contribution in [0.25, 0.3) is 0 Å². The molecular weight excluding hydrogens is 400 g/mol. The fourth-order valence-corrected chi connectivity index (χ4v) is 2.96. The number of hydrogen-bond acceptors (Lipinski definition) is 5. The Bertz CT molecular complexity index is 1030. The summed E-state index contributed by atoms with van der Waals surface area (Å²) in [6.45, 7) is 7.58. The van der Waals surface area contributed by atoms with Crippen LogP contribution in [0, 0.1) is 11.8 Å². The van der Waals surface area contributed by atoms with Crippen LogP contribution in [0.3, 0.4) is 0 Å². The third kappa shape index (κ3) is 6.47. The summed E-state index contributed by atoms with van der Waals surface area (Å²) in [4.78, 5) is 22.1. The summed E-state index contributed by atoms with van der Waals surface area (Å²) < 4.78 is 0. The number of carbonyl (C=O) groups is 1. The number of halogens is 1. The molecule has 0 unspecified atom stereocenters. The summed E-state index contributed by atoms with van der Waals surface area (Å²) >= 11 is 6.10. The van der Waals surface area contributed by atoms with Crippen LogP contribution in [-0.4, -0.2) is 24.3 Å². The highest BCUT2D eigenvalue weighted by Crippen LogP contribution is 2.22. The molecule has 156 valence electrons. The van der Waals surface area contributed by atoms with E-state index in [1.54, 1.807) is 13.0 Å². The highest BCUT2D eigenvalue weighted by Gasteiger charge is 2.14. The largest absolute Gasteiger partial charge is 0.399 e. The summed E-state index contributed by atoms with van der Waals surface area (Å²) in [6.07, 6.45) is 0. The second-order valence-corrected chi connectivity index (χ2v) is 7.36. The normalized spacial score (nSPS) is 11.7. The monoisotopic (exact) mass is 424 g/mol. The third-order valence-electron chi connectivity index (χ3n) is 4.22. The predicted octanol–water partition coefficient (Wildman–Crippen LogP) is 5.35. The molecule has 5 nitrogen and oxygen atoms in total. The van der Waals surface area contributed by atoms with Gasteiger partial charge >= 0.3 is 0 Å². The molecule has 0 aromatic heterocycles. The van der Waals surface area contributed by atoms with Crippen molar-refractivity contribution in [1.29, 1.82) is 0 Å². The average Bonchev–Trinajstić information content (AvgIpc) is 2.71. The first-order valence-corrected chi connectivity index (χ1v) is 9.89. The topological polar surface area (TPSA) is 60.2 Å². The lowest BCUT2D eigenvalue weighted by atomic mass is 9.97. The van der Waals surface area contributed by atoms with Gasteiger partial charge in [-0.25, -0.2) is 0 Å². The Kier molecular flexibility index (Phi) is 8.64. The Morgan fingerprint density at radius 3 is 2.53 bits per heavy atom. The SMILES string of the molecule is CO/N=C(/C(C)=O)c1ccccc1CO/N=C(\C)C#Cc1ccc(Cl)cc1C(C)C. The number of carbonyl (C=O) groups excluding carboxylic acids is 1. The molecule has 6 heteroatoms. The van der Waals surface area contributed by atoms with Crippen molar-refractivity contribution in [2.45, 2.75) is 40.2 Å². The van der Waals surface area contributed by atoms with Crippen molar-refractivity contribution < 1.29 is 14.5 Å². The van der Waals surface area contributed by atoms with Crippen molar-refractivity contribution in [3.05, 3.63) is 69.7 Å². The first kappa shape index (κ1) is 23.2. The Morgan fingerprint density at radius 1 is 1.13 bits per heavy atom. The van der Waals surface area contributed by atoms with Crippen molar-refractivity contribution in [3.8, 4) is 11.8 Å². The fourth-order valence-electron chi connectivity index (χ4n) is 2.78. The van der Waals surface area contributed by atoms with E-state index in [0.29, 0.717) is 22.2 Å². The van der Waals surface area contributed by atoms with Crippen molar-refractivity contribution in [3.63, 3.8) is 0 Å². The molecule has 0 aliphatic heterocycles. The molecule has 0 spiro atoms. The number of ketones is 1. The van der Waals surface area contributed by atoms with E-state index in [-0.39, 0.29) is 18.1 Å². The van der Waals surface area contributed by atoms with Gasteiger partial charge < -0.3 is 9.68 Å². The molecule has 0 heterocycles. The summed E-state index contributed by atoms with van der Waals surface area (Å²) in [5.74, 6) is 6.25. The maximum absolute atomic E-state index is 11.9. The molecule has 0 amide bonds. The molecule has 0 radical (unpaired) electrons. The van der Waals surface area contributed by atoms with Crippen LogP contribution in [-0.2, 0) is 21.1 Å². The molecule has 0 saturated carbocycles. The van der Waals surface area contributed by atoms with Crippen LogP contribution in [0.2, 0.25) is 5.02 Å². The molecule has 0 atom stereocenters. The van der Waals surface area contributed by atoms with E-state index >= 15 is 0 Å². The molecule has 0 saturated heterocycles. The minimum absolute atomic E-state index is 0.170. The van der Waals surface area contributed by atoms with E-state index in [2.05, 4.69) is 36.0 Å². The molecule has 2 aromatic rings. The van der Waals surface area contributed by atoms with Crippen molar-refractivity contribution in [2.75, 3.05) is 7.11 Å². The van der Waals surface area contributed by atoms with Crippen LogP contribution in [0.4, 0.5) is 0 Å². The van der Waals surface area contributed by atoms with Gasteiger partial charge in [-0.3, -0.25) is 4.79 Å². The minimum Gasteiger partial charge on any atom is -0.399 e. The van der Waals surface area contributed by atoms with Crippen molar-refractivity contribution >= 4 is 28.8 Å². The van der Waals surface area contributed by atoms with Gasteiger partial charge in [0.05, 0.1) is 0 Å². The average molecular weight is 425 g/mol. The Labute approximate surface area is 182 Å². The first-order valence-electron chi connectivity index (χ1n) is 9.51. The maximum Gasteiger partial charge on any atom is 0.182 e. The van der Waals surface area contributed by atoms with Crippen molar-refractivity contribution in [1.82, 2.24) is 0 Å². The van der Waals surface area contributed by atoms with Gasteiger partial charge in [0.25, 0.3) is 0 Å². The molecule has 0 bridgehead atoms. The van der Waals surface area contributed by atoms with E-state index in [0.717, 1.165) is 16.7 Å². The zero-order valence-electron chi connectivity index (χ0n) is 17.8. The smallest absolute Gasteiger partial charge is 0.182 e. The Morgan fingerprint density at radius 2 is 1.87 bits per heavy atom. The molecule has 0 fully saturated rings. The number of oxime groups is 2. The lowest BCUT2D eigenvalue weighted by Crippen LogP contribution is -2.14. The van der Waals surface area contributed by atoms with Crippen molar-refractivity contribution in [2.24, 2.45) is 10.3 Å². The van der Waals surface area contributed by atoms with E-state index in [1.165, 1.54) is 14.0 Å². The number of Topliss-reactive ketones (excluding diaryl/α,β-unsaturated/α-hetero) is 1. The molecule has 0 aliphatic rings. The second kappa shape index (κ2) is 11.2. The zero-order valence-corrected chi connectivity index (χ0v) is 18.6. The van der Waals surface area contributed by atoms with E-state index in [4.69, 9.17) is 21.3 Å². The maximum atomic E-state index is 11.9. The fraction of sp³-hybridized carbons (Fsp3) is 0.292. The van der Waals surface area contributed by atoms with Gasteiger partial charge in [-0.1, -0.05) is 65.9 Å². The van der Waals surface area contributed by atoms with Gasteiger partial charge in [0.15, 0.2) is 11.5 Å². The summed E-state index contributed by atoms with van der Waals surface area (Å²) in [5, 5.41) is 8.61. The van der Waals surface area contributed by atoms with E-state index < -0.39 is 0 Å². The number of nitrogens with zero attached hydrogens (tertiary/aromatic N) is 2. The minimum atomic E-state index is -0.196. The number of rotatable bonds is 7. The summed E-state index contributed by atoms with van der Waals surface area (Å²) in [7, 11) is 1.40. The Balaban J connectivity index is 2.16. The number of benzene rings is 2. The zero-order chi connectivity index (χ0) is 22.1. The van der Waals surface area contributed by atoms with Gasteiger partial charge in [0, 0.05) is 28.6 Å². The molecule has 2 aromatic carbocycles. The molecule has 0 N–H and O–H groups in total. The summed E-state index contributed by atoms with van der Waals surface area (Å²) in [5.41, 5.74) is 4.19. The van der Waals surface area contributed by atoms with Gasteiger partial charge in [-0.05, 0) is 42.5 Å². The van der Waals surface area contributed by atoms with Crippen LogP contribution < -0.4 is 0 Å². The van der Waals surface area contributed by atoms with Crippen LogP contribution in [0.1, 0.15) is 55.9 Å². The second-order valence-electron chi connectivity index (χ2n) is 6.92. The predicted molar refractivity (Wildman–Crippen MR) is 121 cm³/mol. The summed E-state index contributed by atoms with van der Waals surface area (Å²) in [6, 6.07) is 13.0. The quantitative estimate of drug-likeness (QED) is 0.342. The molecule has 30 heavy (non-hydrogen) atoms. The van der Waals surface area contributed by atoms with Gasteiger partial charge in [0.2, 0.25) is 0 Å².